The number of hydrogen-bond donors (Lipinski definition) is 1. The van der Waals surface area contributed by atoms with Crippen molar-refractivity contribution in [3.63, 3.8) is 0 Å². The van der Waals surface area contributed by atoms with Crippen molar-refractivity contribution in [3.05, 3.63) is 29.8 Å². The fraction of sp³-hybridized carbons (Fsp3) is 0.400. The van der Waals surface area contributed by atoms with Crippen molar-refractivity contribution in [1.29, 1.82) is 0 Å². The molecule has 1 aliphatic rings. The van der Waals surface area contributed by atoms with E-state index in [0.717, 1.165) is 25.0 Å². The minimum Gasteiger partial charge on any atom is -0.373 e. The molecule has 1 fully saturated rings. The number of rotatable bonds is 4. The van der Waals surface area contributed by atoms with E-state index in [1.807, 2.05) is 0 Å². The minimum atomic E-state index is -4.06. The van der Waals surface area contributed by atoms with Crippen molar-refractivity contribution in [1.82, 2.24) is 0 Å². The Morgan fingerprint density at radius 2 is 1.93 bits per heavy atom. The van der Waals surface area contributed by atoms with Crippen LogP contribution in [-0.4, -0.2) is 25.7 Å². The van der Waals surface area contributed by atoms with Crippen molar-refractivity contribution >= 4 is 10.1 Å². The van der Waals surface area contributed by atoms with Gasteiger partial charge in [0, 0.05) is 0 Å². The Morgan fingerprint density at radius 3 is 2.40 bits per heavy atom. The van der Waals surface area contributed by atoms with Gasteiger partial charge in [-0.05, 0) is 30.5 Å². The van der Waals surface area contributed by atoms with E-state index in [9.17, 15) is 8.42 Å². The molecule has 82 valence electrons. The standard InChI is InChI=1S/C10H12O4S/c11-15(12,13)10-5-2-8(3-6-10)1-4-9-7-14-9/h2-3,5-6,9H,1,4,7H2,(H,11,12,13)/t9-/m1/s1. The summed E-state index contributed by atoms with van der Waals surface area (Å²) in [5, 5.41) is 0. The highest BCUT2D eigenvalue weighted by molar-refractivity contribution is 7.85. The first kappa shape index (κ1) is 10.6. The molecule has 1 aromatic carbocycles. The zero-order chi connectivity index (χ0) is 10.9. The summed E-state index contributed by atoms with van der Waals surface area (Å²) in [6, 6.07) is 6.26. The molecule has 0 aromatic heterocycles. The molecule has 4 nitrogen and oxygen atoms in total. The third-order valence-corrected chi connectivity index (χ3v) is 3.25. The molecule has 1 aromatic rings. The van der Waals surface area contributed by atoms with Gasteiger partial charge < -0.3 is 4.74 Å². The van der Waals surface area contributed by atoms with Gasteiger partial charge in [0.05, 0.1) is 17.6 Å². The number of ether oxygens (including phenoxy) is 1. The molecular formula is C10H12O4S. The molecule has 0 spiro atoms. The molecule has 5 heteroatoms. The van der Waals surface area contributed by atoms with Gasteiger partial charge in [-0.15, -0.1) is 0 Å². The first-order valence-corrected chi connectivity index (χ1v) is 6.18. The second-order valence-corrected chi connectivity index (χ2v) is 5.03. The van der Waals surface area contributed by atoms with Gasteiger partial charge in [-0.25, -0.2) is 0 Å². The second kappa shape index (κ2) is 3.92. The van der Waals surface area contributed by atoms with E-state index in [1.54, 1.807) is 12.1 Å². The number of epoxide rings is 1. The van der Waals surface area contributed by atoms with Crippen molar-refractivity contribution < 1.29 is 17.7 Å². The third-order valence-electron chi connectivity index (χ3n) is 2.38. The summed E-state index contributed by atoms with van der Waals surface area (Å²) >= 11 is 0. The monoisotopic (exact) mass is 228 g/mol. The lowest BCUT2D eigenvalue weighted by Crippen LogP contribution is -1.98. The summed E-state index contributed by atoms with van der Waals surface area (Å²) in [4.78, 5) is -0.0612. The van der Waals surface area contributed by atoms with Crippen molar-refractivity contribution in [2.45, 2.75) is 23.8 Å². The van der Waals surface area contributed by atoms with E-state index in [-0.39, 0.29) is 4.90 Å². The summed E-state index contributed by atoms with van der Waals surface area (Å²) < 4.78 is 35.3. The fourth-order valence-electron chi connectivity index (χ4n) is 1.39. The van der Waals surface area contributed by atoms with Gasteiger partial charge in [0.1, 0.15) is 0 Å². The predicted molar refractivity (Wildman–Crippen MR) is 54.3 cm³/mol. The fourth-order valence-corrected chi connectivity index (χ4v) is 1.87. The summed E-state index contributed by atoms with van der Waals surface area (Å²) in [6.45, 7) is 0.836. The van der Waals surface area contributed by atoms with Gasteiger partial charge in [-0.1, -0.05) is 12.1 Å². The molecule has 1 saturated heterocycles. The highest BCUT2D eigenvalue weighted by atomic mass is 32.2. The Labute approximate surface area is 88.6 Å². The molecule has 1 heterocycles. The van der Waals surface area contributed by atoms with Crippen LogP contribution in [0.4, 0.5) is 0 Å². The Kier molecular flexibility index (Phi) is 2.77. The van der Waals surface area contributed by atoms with Gasteiger partial charge in [0.15, 0.2) is 0 Å². The van der Waals surface area contributed by atoms with Crippen LogP contribution < -0.4 is 0 Å². The van der Waals surface area contributed by atoms with Crippen LogP contribution in [0.2, 0.25) is 0 Å². The van der Waals surface area contributed by atoms with Gasteiger partial charge in [0.2, 0.25) is 0 Å². The Bertz CT molecular complexity index is 431. The van der Waals surface area contributed by atoms with Crippen molar-refractivity contribution in [2.75, 3.05) is 6.61 Å². The third kappa shape index (κ3) is 3.02. The Hall–Kier alpha value is -0.910. The number of aryl methyl sites for hydroxylation is 1. The molecule has 1 atom stereocenters. The van der Waals surface area contributed by atoms with Crippen LogP contribution >= 0.6 is 0 Å². The maximum Gasteiger partial charge on any atom is 0.294 e. The van der Waals surface area contributed by atoms with Gasteiger partial charge >= 0.3 is 0 Å². The van der Waals surface area contributed by atoms with Crippen LogP contribution in [0.25, 0.3) is 0 Å². The number of benzene rings is 1. The lowest BCUT2D eigenvalue weighted by Gasteiger charge is -2.00. The van der Waals surface area contributed by atoms with E-state index >= 15 is 0 Å². The quantitative estimate of drug-likeness (QED) is 0.622. The molecule has 1 N–H and O–H groups in total. The van der Waals surface area contributed by atoms with Crippen LogP contribution in [-0.2, 0) is 21.3 Å². The van der Waals surface area contributed by atoms with Gasteiger partial charge in [-0.3, -0.25) is 4.55 Å². The van der Waals surface area contributed by atoms with Crippen molar-refractivity contribution in [3.8, 4) is 0 Å². The van der Waals surface area contributed by atoms with Gasteiger partial charge in [-0.2, -0.15) is 8.42 Å². The highest BCUT2D eigenvalue weighted by Crippen LogP contribution is 2.17. The average Bonchev–Trinajstić information content (AvgIpc) is 2.97. The van der Waals surface area contributed by atoms with Crippen molar-refractivity contribution in [2.24, 2.45) is 0 Å². The first-order valence-electron chi connectivity index (χ1n) is 4.74. The van der Waals surface area contributed by atoms with E-state index in [1.165, 1.54) is 12.1 Å². The number of hydrogen-bond acceptors (Lipinski definition) is 3. The molecular weight excluding hydrogens is 216 g/mol. The van der Waals surface area contributed by atoms with Crippen LogP contribution in [0, 0.1) is 0 Å². The largest absolute Gasteiger partial charge is 0.373 e. The molecule has 0 unspecified atom stereocenters. The average molecular weight is 228 g/mol. The molecule has 0 saturated carbocycles. The maximum atomic E-state index is 10.8. The van der Waals surface area contributed by atoms with Crippen LogP contribution in [0.15, 0.2) is 29.2 Å². The molecule has 0 bridgehead atoms. The maximum absolute atomic E-state index is 10.8. The highest BCUT2D eigenvalue weighted by Gasteiger charge is 2.21. The predicted octanol–water partition coefficient (Wildman–Crippen LogP) is 1.26. The van der Waals surface area contributed by atoms with E-state index in [0.29, 0.717) is 6.10 Å². The Balaban J connectivity index is 2.02. The molecule has 2 rings (SSSR count). The molecule has 1 aliphatic heterocycles. The lowest BCUT2D eigenvalue weighted by atomic mass is 10.1. The minimum absolute atomic E-state index is 0.0612. The lowest BCUT2D eigenvalue weighted by molar-refractivity contribution is 0.397. The normalized spacial score (nSPS) is 20.2. The molecule has 0 radical (unpaired) electrons. The zero-order valence-corrected chi connectivity index (χ0v) is 8.90. The topological polar surface area (TPSA) is 66.9 Å². The van der Waals surface area contributed by atoms with Crippen LogP contribution in [0.1, 0.15) is 12.0 Å². The zero-order valence-electron chi connectivity index (χ0n) is 8.09. The molecule has 15 heavy (non-hydrogen) atoms. The van der Waals surface area contributed by atoms with Crippen LogP contribution in [0.5, 0.6) is 0 Å². The first-order chi connectivity index (χ1) is 7.05. The SMILES string of the molecule is O=S(=O)(O)c1ccc(CC[C@@H]2CO2)cc1. The molecule has 0 aliphatic carbocycles. The summed E-state index contributed by atoms with van der Waals surface area (Å²) in [5.74, 6) is 0. The van der Waals surface area contributed by atoms with E-state index in [2.05, 4.69) is 0 Å². The van der Waals surface area contributed by atoms with E-state index < -0.39 is 10.1 Å². The van der Waals surface area contributed by atoms with Crippen LogP contribution in [0.3, 0.4) is 0 Å². The second-order valence-electron chi connectivity index (χ2n) is 3.61. The molecule has 0 amide bonds. The Morgan fingerprint density at radius 1 is 1.33 bits per heavy atom. The smallest absolute Gasteiger partial charge is 0.294 e. The van der Waals surface area contributed by atoms with E-state index in [4.69, 9.17) is 9.29 Å². The van der Waals surface area contributed by atoms with Gasteiger partial charge in [0.25, 0.3) is 10.1 Å². The summed E-state index contributed by atoms with van der Waals surface area (Å²) in [6.07, 6.45) is 2.22. The summed E-state index contributed by atoms with van der Waals surface area (Å²) in [5.41, 5.74) is 1.05. The summed E-state index contributed by atoms with van der Waals surface area (Å²) in [7, 11) is -4.06.